The van der Waals surface area contributed by atoms with Crippen molar-refractivity contribution in [2.24, 2.45) is 0 Å². The minimum absolute atomic E-state index is 0.131. The van der Waals surface area contributed by atoms with Crippen molar-refractivity contribution in [1.82, 2.24) is 0 Å². The third-order valence-electron chi connectivity index (χ3n) is 1.28. The Labute approximate surface area is 72.9 Å². The maximum absolute atomic E-state index is 10.6. The largest absolute Gasteiger partial charge is 0.360 e. The highest BCUT2D eigenvalue weighted by atomic mass is 35.5. The fourth-order valence-electron chi connectivity index (χ4n) is 0.802. The Morgan fingerprint density at radius 1 is 1.55 bits per heavy atom. The molecule has 0 saturated heterocycles. The predicted molar refractivity (Wildman–Crippen MR) is 39.5 cm³/mol. The van der Waals surface area contributed by atoms with Crippen molar-refractivity contribution in [3.63, 3.8) is 0 Å². The van der Waals surface area contributed by atoms with E-state index in [0.717, 1.165) is 0 Å². The van der Waals surface area contributed by atoms with Crippen LogP contribution in [0.15, 0.2) is 11.6 Å². The Kier molecular flexibility index (Phi) is 2.65. The van der Waals surface area contributed by atoms with Crippen molar-refractivity contribution < 1.29 is 14.3 Å². The van der Waals surface area contributed by atoms with E-state index in [9.17, 15) is 9.59 Å². The van der Waals surface area contributed by atoms with Crippen LogP contribution in [0.1, 0.15) is 0 Å². The second-order valence-electron chi connectivity index (χ2n) is 1.95. The molecule has 1 rings (SSSR count). The Morgan fingerprint density at radius 2 is 2.18 bits per heavy atom. The molecule has 60 valence electrons. The van der Waals surface area contributed by atoms with Crippen LogP contribution in [0.25, 0.3) is 0 Å². The maximum Gasteiger partial charge on any atom is 0.255 e. The Bertz CT molecular complexity index is 234. The van der Waals surface area contributed by atoms with E-state index in [1.165, 1.54) is 6.08 Å². The van der Waals surface area contributed by atoms with Gasteiger partial charge in [0.2, 0.25) is 0 Å². The zero-order chi connectivity index (χ0) is 8.43. The number of carbonyl (C=O) groups excluding carboxylic acids is 2. The lowest BCUT2D eigenvalue weighted by Gasteiger charge is -2.04. The molecule has 0 N–H and O–H groups in total. The van der Waals surface area contributed by atoms with E-state index in [2.05, 4.69) is 0 Å². The standard InChI is InChI=1S/C6H4Cl2O3/c7-5(9)3-1-2-11-4(3)6(8)10/h1,4H,2H2. The van der Waals surface area contributed by atoms with Gasteiger partial charge in [-0.3, -0.25) is 9.59 Å². The van der Waals surface area contributed by atoms with Crippen LogP contribution in [0.5, 0.6) is 0 Å². The van der Waals surface area contributed by atoms with Gasteiger partial charge in [0.05, 0.1) is 6.61 Å². The number of rotatable bonds is 2. The van der Waals surface area contributed by atoms with Crippen LogP contribution in [-0.2, 0) is 14.3 Å². The molecule has 1 atom stereocenters. The average Bonchev–Trinajstić information content (AvgIpc) is 2.32. The minimum Gasteiger partial charge on any atom is -0.360 e. The lowest BCUT2D eigenvalue weighted by Crippen LogP contribution is -2.20. The summed E-state index contributed by atoms with van der Waals surface area (Å²) in [7, 11) is 0. The summed E-state index contributed by atoms with van der Waals surface area (Å²) in [5.41, 5.74) is 0.131. The molecule has 0 amide bonds. The number of carbonyl (C=O) groups is 2. The summed E-state index contributed by atoms with van der Waals surface area (Å²) in [6, 6.07) is 0. The quantitative estimate of drug-likeness (QED) is 0.613. The van der Waals surface area contributed by atoms with E-state index < -0.39 is 16.6 Å². The summed E-state index contributed by atoms with van der Waals surface area (Å²) in [4.78, 5) is 21.1. The van der Waals surface area contributed by atoms with E-state index in [0.29, 0.717) is 0 Å². The summed E-state index contributed by atoms with van der Waals surface area (Å²) >= 11 is 10.2. The molecule has 0 spiro atoms. The molecule has 1 unspecified atom stereocenters. The van der Waals surface area contributed by atoms with Gasteiger partial charge in [0.15, 0.2) is 6.10 Å². The van der Waals surface area contributed by atoms with Gasteiger partial charge in [0.25, 0.3) is 10.5 Å². The van der Waals surface area contributed by atoms with Gasteiger partial charge >= 0.3 is 0 Å². The first-order chi connectivity index (χ1) is 5.13. The lowest BCUT2D eigenvalue weighted by atomic mass is 10.2. The third-order valence-corrected chi connectivity index (χ3v) is 1.70. The van der Waals surface area contributed by atoms with E-state index in [1.807, 2.05) is 0 Å². The molecule has 5 heteroatoms. The Hall–Kier alpha value is -0.380. The molecule has 0 fully saturated rings. The van der Waals surface area contributed by atoms with Crippen LogP contribution < -0.4 is 0 Å². The molecule has 1 aliphatic heterocycles. The second-order valence-corrected chi connectivity index (χ2v) is 2.67. The van der Waals surface area contributed by atoms with Crippen LogP contribution in [0.3, 0.4) is 0 Å². The second kappa shape index (κ2) is 3.34. The molecular weight excluding hydrogens is 191 g/mol. The van der Waals surface area contributed by atoms with Gasteiger partial charge in [0.1, 0.15) is 0 Å². The summed E-state index contributed by atoms with van der Waals surface area (Å²) in [6.07, 6.45) is 0.474. The summed E-state index contributed by atoms with van der Waals surface area (Å²) in [6.45, 7) is 0.205. The molecule has 0 bridgehead atoms. The number of halogens is 2. The van der Waals surface area contributed by atoms with Crippen LogP contribution in [0.4, 0.5) is 0 Å². The van der Waals surface area contributed by atoms with Gasteiger partial charge in [0, 0.05) is 5.57 Å². The SMILES string of the molecule is O=C(Cl)C1=CCOC1C(=O)Cl. The molecule has 0 saturated carbocycles. The summed E-state index contributed by atoms with van der Waals surface area (Å²) < 4.78 is 4.81. The molecule has 1 heterocycles. The molecule has 1 aliphatic rings. The van der Waals surface area contributed by atoms with Crippen molar-refractivity contribution in [1.29, 1.82) is 0 Å². The number of ether oxygens (including phenoxy) is 1. The summed E-state index contributed by atoms with van der Waals surface area (Å²) in [5, 5.41) is -1.41. The van der Waals surface area contributed by atoms with Crippen molar-refractivity contribution in [3.8, 4) is 0 Å². The Balaban J connectivity index is 2.79. The third kappa shape index (κ3) is 1.80. The lowest BCUT2D eigenvalue weighted by molar-refractivity contribution is -0.120. The molecule has 0 radical (unpaired) electrons. The molecular formula is C6H4Cl2O3. The fraction of sp³-hybridized carbons (Fsp3) is 0.333. The first-order valence-corrected chi connectivity index (χ1v) is 3.59. The topological polar surface area (TPSA) is 43.4 Å². The minimum atomic E-state index is -0.971. The van der Waals surface area contributed by atoms with Gasteiger partial charge in [-0.25, -0.2) is 0 Å². The van der Waals surface area contributed by atoms with Crippen molar-refractivity contribution in [3.05, 3.63) is 11.6 Å². The van der Waals surface area contributed by atoms with Crippen molar-refractivity contribution in [2.45, 2.75) is 6.10 Å². The molecule has 11 heavy (non-hydrogen) atoms. The zero-order valence-electron chi connectivity index (χ0n) is 5.34. The van der Waals surface area contributed by atoms with E-state index >= 15 is 0 Å². The van der Waals surface area contributed by atoms with Crippen LogP contribution >= 0.6 is 23.2 Å². The van der Waals surface area contributed by atoms with Gasteiger partial charge in [-0.05, 0) is 29.3 Å². The van der Waals surface area contributed by atoms with Crippen molar-refractivity contribution >= 4 is 33.7 Å². The average molecular weight is 195 g/mol. The molecule has 0 aromatic carbocycles. The predicted octanol–water partition coefficient (Wildman–Crippen LogP) is 0.842. The summed E-state index contributed by atoms with van der Waals surface area (Å²) in [5.74, 6) is 0. The molecule has 3 nitrogen and oxygen atoms in total. The first-order valence-electron chi connectivity index (χ1n) is 2.83. The fourth-order valence-corrected chi connectivity index (χ4v) is 1.16. The van der Waals surface area contributed by atoms with Crippen LogP contribution in [0, 0.1) is 0 Å². The normalized spacial score (nSPS) is 23.1. The van der Waals surface area contributed by atoms with E-state index in [1.54, 1.807) is 0 Å². The van der Waals surface area contributed by atoms with E-state index in [-0.39, 0.29) is 12.2 Å². The number of hydrogen-bond donors (Lipinski definition) is 0. The van der Waals surface area contributed by atoms with E-state index in [4.69, 9.17) is 27.9 Å². The molecule has 0 aromatic heterocycles. The Morgan fingerprint density at radius 3 is 2.55 bits per heavy atom. The van der Waals surface area contributed by atoms with Gasteiger partial charge in [-0.15, -0.1) is 0 Å². The monoisotopic (exact) mass is 194 g/mol. The highest BCUT2D eigenvalue weighted by molar-refractivity contribution is 6.70. The number of hydrogen-bond acceptors (Lipinski definition) is 3. The zero-order valence-corrected chi connectivity index (χ0v) is 6.85. The molecule has 0 aromatic rings. The van der Waals surface area contributed by atoms with Gasteiger partial charge < -0.3 is 4.74 Å². The van der Waals surface area contributed by atoms with Crippen molar-refractivity contribution in [2.75, 3.05) is 6.61 Å². The first kappa shape index (κ1) is 8.71. The van der Waals surface area contributed by atoms with Gasteiger partial charge in [-0.2, -0.15) is 0 Å². The van der Waals surface area contributed by atoms with Crippen LogP contribution in [0.2, 0.25) is 0 Å². The van der Waals surface area contributed by atoms with Crippen LogP contribution in [-0.4, -0.2) is 23.2 Å². The highest BCUT2D eigenvalue weighted by Gasteiger charge is 2.29. The molecule has 0 aliphatic carbocycles. The highest BCUT2D eigenvalue weighted by Crippen LogP contribution is 2.18. The smallest absolute Gasteiger partial charge is 0.255 e. The maximum atomic E-state index is 10.6. The van der Waals surface area contributed by atoms with Gasteiger partial charge in [-0.1, -0.05) is 0 Å².